The summed E-state index contributed by atoms with van der Waals surface area (Å²) in [6, 6.07) is 10.8. The Morgan fingerprint density at radius 3 is 2.45 bits per heavy atom. The molecule has 0 aliphatic heterocycles. The highest BCUT2D eigenvalue weighted by molar-refractivity contribution is 5.14. The number of nitrogens with two attached hydrogens (primary N) is 1. The van der Waals surface area contributed by atoms with E-state index in [9.17, 15) is 0 Å². The van der Waals surface area contributed by atoms with Crippen molar-refractivity contribution in [2.75, 3.05) is 19.6 Å². The first-order chi connectivity index (χ1) is 9.78. The van der Waals surface area contributed by atoms with Crippen LogP contribution >= 0.6 is 0 Å². The molecule has 1 aliphatic carbocycles. The Labute approximate surface area is 124 Å². The molecule has 0 atom stereocenters. The molecule has 0 spiro atoms. The Balaban J connectivity index is 1.86. The lowest BCUT2D eigenvalue weighted by molar-refractivity contribution is 0.177. The average Bonchev–Trinajstić information content (AvgIpc) is 2.48. The molecule has 1 aromatic carbocycles. The van der Waals surface area contributed by atoms with Crippen molar-refractivity contribution in [2.24, 2.45) is 17.6 Å². The van der Waals surface area contributed by atoms with Crippen LogP contribution in [0.5, 0.6) is 0 Å². The Morgan fingerprint density at radius 2 is 1.80 bits per heavy atom. The predicted molar refractivity (Wildman–Crippen MR) is 86.5 cm³/mol. The van der Waals surface area contributed by atoms with Crippen molar-refractivity contribution in [2.45, 2.75) is 45.6 Å². The molecule has 0 amide bonds. The minimum atomic E-state index is 0.799. The molecule has 1 aromatic rings. The van der Waals surface area contributed by atoms with Crippen molar-refractivity contribution >= 4 is 0 Å². The van der Waals surface area contributed by atoms with Gasteiger partial charge in [-0.15, -0.1) is 0 Å². The lowest BCUT2D eigenvalue weighted by atomic mass is 9.83. The first-order valence-corrected chi connectivity index (χ1v) is 8.24. The largest absolute Gasteiger partial charge is 0.330 e. The Bertz CT molecular complexity index is 355. The zero-order valence-electron chi connectivity index (χ0n) is 12.9. The second-order valence-corrected chi connectivity index (χ2v) is 6.49. The van der Waals surface area contributed by atoms with Gasteiger partial charge in [0.25, 0.3) is 0 Å². The molecule has 2 N–H and O–H groups in total. The van der Waals surface area contributed by atoms with Gasteiger partial charge in [-0.1, -0.05) is 50.1 Å². The van der Waals surface area contributed by atoms with Gasteiger partial charge in [-0.25, -0.2) is 0 Å². The summed E-state index contributed by atoms with van der Waals surface area (Å²) in [6.07, 6.45) is 6.77. The molecule has 0 radical (unpaired) electrons. The second-order valence-electron chi connectivity index (χ2n) is 6.49. The third kappa shape index (κ3) is 5.26. The third-order valence-corrected chi connectivity index (χ3v) is 4.58. The van der Waals surface area contributed by atoms with Crippen LogP contribution in [0.4, 0.5) is 0 Å². The van der Waals surface area contributed by atoms with Crippen LogP contribution in [0.15, 0.2) is 30.3 Å². The molecule has 1 saturated carbocycles. The van der Waals surface area contributed by atoms with Crippen LogP contribution in [-0.2, 0) is 6.54 Å². The van der Waals surface area contributed by atoms with E-state index in [0.29, 0.717) is 0 Å². The zero-order valence-corrected chi connectivity index (χ0v) is 12.9. The fourth-order valence-electron chi connectivity index (χ4n) is 3.27. The number of hydrogen-bond donors (Lipinski definition) is 1. The summed E-state index contributed by atoms with van der Waals surface area (Å²) >= 11 is 0. The van der Waals surface area contributed by atoms with Crippen LogP contribution in [0.3, 0.4) is 0 Å². The highest BCUT2D eigenvalue weighted by atomic mass is 15.1. The van der Waals surface area contributed by atoms with Crippen molar-refractivity contribution in [1.82, 2.24) is 4.90 Å². The van der Waals surface area contributed by atoms with E-state index in [2.05, 4.69) is 42.2 Å². The molecule has 0 saturated heterocycles. The molecule has 0 bridgehead atoms. The Hall–Kier alpha value is -0.860. The first-order valence-electron chi connectivity index (χ1n) is 8.24. The van der Waals surface area contributed by atoms with Crippen molar-refractivity contribution < 1.29 is 0 Å². The van der Waals surface area contributed by atoms with Gasteiger partial charge < -0.3 is 5.73 Å². The minimum absolute atomic E-state index is 0.799. The van der Waals surface area contributed by atoms with Gasteiger partial charge in [0.2, 0.25) is 0 Å². The van der Waals surface area contributed by atoms with Crippen molar-refractivity contribution in [1.29, 1.82) is 0 Å². The average molecular weight is 274 g/mol. The summed E-state index contributed by atoms with van der Waals surface area (Å²) in [5.41, 5.74) is 7.12. The third-order valence-electron chi connectivity index (χ3n) is 4.58. The standard InChI is InChI=1S/C18H30N2/c1-16-8-10-18(11-9-16)15-20(13-5-12-19)14-17-6-3-2-4-7-17/h2-4,6-7,16,18H,5,8-15,19H2,1H3. The first kappa shape index (κ1) is 15.5. The van der Waals surface area contributed by atoms with E-state index >= 15 is 0 Å². The molecule has 2 heteroatoms. The number of rotatable bonds is 7. The summed E-state index contributed by atoms with van der Waals surface area (Å²) < 4.78 is 0. The van der Waals surface area contributed by atoms with E-state index in [1.54, 1.807) is 0 Å². The van der Waals surface area contributed by atoms with Crippen molar-refractivity contribution in [3.8, 4) is 0 Å². The van der Waals surface area contributed by atoms with Gasteiger partial charge in [0.05, 0.1) is 0 Å². The summed E-state index contributed by atoms with van der Waals surface area (Å²) in [4.78, 5) is 2.61. The van der Waals surface area contributed by atoms with E-state index in [1.165, 1.54) is 37.8 Å². The molecular weight excluding hydrogens is 244 g/mol. The maximum Gasteiger partial charge on any atom is 0.0233 e. The molecule has 1 aliphatic rings. The van der Waals surface area contributed by atoms with E-state index in [0.717, 1.165) is 37.9 Å². The van der Waals surface area contributed by atoms with Crippen LogP contribution in [0.25, 0.3) is 0 Å². The van der Waals surface area contributed by atoms with Crippen LogP contribution in [-0.4, -0.2) is 24.5 Å². The van der Waals surface area contributed by atoms with E-state index < -0.39 is 0 Å². The SMILES string of the molecule is CC1CCC(CN(CCCN)Cc2ccccc2)CC1. The predicted octanol–water partition coefficient (Wildman–Crippen LogP) is 3.66. The fraction of sp³-hybridized carbons (Fsp3) is 0.667. The normalized spacial score (nSPS) is 23.1. The number of benzene rings is 1. The van der Waals surface area contributed by atoms with Gasteiger partial charge in [0.15, 0.2) is 0 Å². The maximum atomic E-state index is 5.69. The maximum absolute atomic E-state index is 5.69. The molecule has 20 heavy (non-hydrogen) atoms. The van der Waals surface area contributed by atoms with Crippen LogP contribution in [0.1, 0.15) is 44.6 Å². The topological polar surface area (TPSA) is 29.3 Å². The lowest BCUT2D eigenvalue weighted by Crippen LogP contribution is -2.32. The van der Waals surface area contributed by atoms with Crippen molar-refractivity contribution in [3.63, 3.8) is 0 Å². The minimum Gasteiger partial charge on any atom is -0.330 e. The van der Waals surface area contributed by atoms with Gasteiger partial charge in [-0.05, 0) is 49.8 Å². The zero-order chi connectivity index (χ0) is 14.2. The molecule has 0 unspecified atom stereocenters. The highest BCUT2D eigenvalue weighted by Crippen LogP contribution is 2.29. The van der Waals surface area contributed by atoms with E-state index in [4.69, 9.17) is 5.73 Å². The van der Waals surface area contributed by atoms with Crippen LogP contribution < -0.4 is 5.73 Å². The summed E-state index contributed by atoms with van der Waals surface area (Å²) in [5, 5.41) is 0. The molecule has 1 fully saturated rings. The number of hydrogen-bond acceptors (Lipinski definition) is 2. The summed E-state index contributed by atoms with van der Waals surface area (Å²) in [6.45, 7) is 6.66. The Morgan fingerprint density at radius 1 is 1.10 bits per heavy atom. The van der Waals surface area contributed by atoms with Crippen molar-refractivity contribution in [3.05, 3.63) is 35.9 Å². The molecular formula is C18H30N2. The van der Waals surface area contributed by atoms with Gasteiger partial charge in [-0.3, -0.25) is 4.90 Å². The molecule has 112 valence electrons. The fourth-order valence-corrected chi connectivity index (χ4v) is 3.27. The molecule has 2 rings (SSSR count). The molecule has 0 heterocycles. The van der Waals surface area contributed by atoms with Gasteiger partial charge in [0.1, 0.15) is 0 Å². The van der Waals surface area contributed by atoms with Gasteiger partial charge in [0, 0.05) is 13.1 Å². The second kappa shape index (κ2) is 8.43. The summed E-state index contributed by atoms with van der Waals surface area (Å²) in [7, 11) is 0. The quantitative estimate of drug-likeness (QED) is 0.822. The monoisotopic (exact) mass is 274 g/mol. The Kier molecular flexibility index (Phi) is 6.55. The van der Waals surface area contributed by atoms with E-state index in [1.807, 2.05) is 0 Å². The highest BCUT2D eigenvalue weighted by Gasteiger charge is 2.20. The van der Waals surface area contributed by atoms with Gasteiger partial charge in [-0.2, -0.15) is 0 Å². The molecule has 2 nitrogen and oxygen atoms in total. The van der Waals surface area contributed by atoms with Crippen LogP contribution in [0, 0.1) is 11.8 Å². The smallest absolute Gasteiger partial charge is 0.0233 e. The lowest BCUT2D eigenvalue weighted by Gasteiger charge is -2.31. The molecule has 0 aromatic heterocycles. The van der Waals surface area contributed by atoms with Gasteiger partial charge >= 0.3 is 0 Å². The van der Waals surface area contributed by atoms with Crippen LogP contribution in [0.2, 0.25) is 0 Å². The number of nitrogens with zero attached hydrogens (tertiary/aromatic N) is 1. The van der Waals surface area contributed by atoms with E-state index in [-0.39, 0.29) is 0 Å². The summed E-state index contributed by atoms with van der Waals surface area (Å²) in [5.74, 6) is 1.84.